The van der Waals surface area contributed by atoms with Crippen molar-refractivity contribution in [2.24, 2.45) is 10.4 Å². The average molecular weight is 392 g/mol. The van der Waals surface area contributed by atoms with Crippen LogP contribution >= 0.6 is 11.3 Å². The lowest BCUT2D eigenvalue weighted by Gasteiger charge is -2.27. The standard InChI is InChI=1S/C21H33N3O2S/c1-7-16-12-15(2)17(27-16)18(22-6)23-10-8-21(13-23)9-11-24(14-21)19(25)26-20(3,4)5/h12H,7-11,13-14H2,1-6H3. The molecule has 1 unspecified atom stereocenters. The summed E-state index contributed by atoms with van der Waals surface area (Å²) >= 11 is 1.86. The number of aliphatic imine (C=N–C) groups is 1. The molecular weight excluding hydrogens is 358 g/mol. The molecule has 5 nitrogen and oxygen atoms in total. The van der Waals surface area contributed by atoms with Crippen LogP contribution in [-0.2, 0) is 11.2 Å². The van der Waals surface area contributed by atoms with Gasteiger partial charge in [0.1, 0.15) is 11.4 Å². The number of aryl methyl sites for hydroxylation is 2. The third-order valence-corrected chi connectivity index (χ3v) is 6.94. The molecule has 0 N–H and O–H groups in total. The zero-order valence-electron chi connectivity index (χ0n) is 17.6. The Hall–Kier alpha value is -1.56. The van der Waals surface area contributed by atoms with Gasteiger partial charge in [-0.15, -0.1) is 11.3 Å². The molecule has 2 saturated heterocycles. The van der Waals surface area contributed by atoms with E-state index < -0.39 is 5.60 Å². The van der Waals surface area contributed by atoms with Gasteiger partial charge >= 0.3 is 6.09 Å². The van der Waals surface area contributed by atoms with Crippen LogP contribution in [0.4, 0.5) is 4.79 Å². The summed E-state index contributed by atoms with van der Waals surface area (Å²) in [6, 6.07) is 2.29. The number of amidine groups is 1. The normalized spacial score (nSPS) is 23.6. The van der Waals surface area contributed by atoms with E-state index in [9.17, 15) is 4.79 Å². The van der Waals surface area contributed by atoms with Gasteiger partial charge in [0.15, 0.2) is 0 Å². The third kappa shape index (κ3) is 4.31. The Kier molecular flexibility index (Phi) is 5.57. The molecule has 1 amide bonds. The first-order chi connectivity index (χ1) is 12.7. The SMILES string of the molecule is CCc1cc(C)c(C(=NC)N2CCC3(CCN(C(=O)OC(C)(C)C)C3)C2)s1. The predicted molar refractivity (Wildman–Crippen MR) is 112 cm³/mol. The predicted octanol–water partition coefficient (Wildman–Crippen LogP) is 4.33. The Morgan fingerprint density at radius 3 is 2.44 bits per heavy atom. The Morgan fingerprint density at radius 1 is 1.26 bits per heavy atom. The van der Waals surface area contributed by atoms with Gasteiger partial charge in [-0.3, -0.25) is 4.99 Å². The van der Waals surface area contributed by atoms with Gasteiger partial charge in [-0.2, -0.15) is 0 Å². The van der Waals surface area contributed by atoms with Crippen molar-refractivity contribution in [1.82, 2.24) is 9.80 Å². The Labute approximate surface area is 167 Å². The second-order valence-corrected chi connectivity index (χ2v) is 10.1. The first-order valence-electron chi connectivity index (χ1n) is 9.96. The van der Waals surface area contributed by atoms with Crippen LogP contribution < -0.4 is 0 Å². The number of carbonyl (C=O) groups is 1. The topological polar surface area (TPSA) is 45.1 Å². The molecule has 3 heterocycles. The lowest BCUT2D eigenvalue weighted by Crippen LogP contribution is -2.38. The Balaban J connectivity index is 1.69. The minimum atomic E-state index is -0.440. The zero-order chi connectivity index (χ0) is 19.8. The summed E-state index contributed by atoms with van der Waals surface area (Å²) in [5.74, 6) is 1.12. The van der Waals surface area contributed by atoms with Gasteiger partial charge < -0.3 is 14.5 Å². The highest BCUT2D eigenvalue weighted by Gasteiger charge is 2.46. The van der Waals surface area contributed by atoms with Crippen LogP contribution in [0.3, 0.4) is 0 Å². The molecule has 0 aromatic carbocycles. The second kappa shape index (κ2) is 7.46. The van der Waals surface area contributed by atoms with Gasteiger partial charge in [0.05, 0.1) is 4.88 Å². The monoisotopic (exact) mass is 391 g/mol. The summed E-state index contributed by atoms with van der Waals surface area (Å²) < 4.78 is 5.57. The van der Waals surface area contributed by atoms with Crippen molar-refractivity contribution < 1.29 is 9.53 Å². The maximum Gasteiger partial charge on any atom is 0.410 e. The van der Waals surface area contributed by atoms with Gasteiger partial charge in [-0.05, 0) is 58.6 Å². The maximum atomic E-state index is 12.4. The highest BCUT2D eigenvalue weighted by atomic mass is 32.1. The van der Waals surface area contributed by atoms with Gasteiger partial charge in [-0.1, -0.05) is 6.92 Å². The van der Waals surface area contributed by atoms with E-state index in [4.69, 9.17) is 4.74 Å². The zero-order valence-corrected chi connectivity index (χ0v) is 18.4. The van der Waals surface area contributed by atoms with Crippen LogP contribution in [0.5, 0.6) is 0 Å². The number of nitrogens with zero attached hydrogens (tertiary/aromatic N) is 3. The molecule has 3 rings (SSSR count). The Bertz CT molecular complexity index is 734. The van der Waals surface area contributed by atoms with E-state index in [1.54, 1.807) is 0 Å². The van der Waals surface area contributed by atoms with E-state index >= 15 is 0 Å². The van der Waals surface area contributed by atoms with E-state index in [0.29, 0.717) is 0 Å². The minimum Gasteiger partial charge on any atom is -0.444 e. The summed E-state index contributed by atoms with van der Waals surface area (Å²) in [5.41, 5.74) is 1.05. The van der Waals surface area contributed by atoms with Gasteiger partial charge in [0.25, 0.3) is 0 Å². The molecule has 0 saturated carbocycles. The molecule has 0 bridgehead atoms. The van der Waals surface area contributed by atoms with Crippen molar-refractivity contribution in [3.63, 3.8) is 0 Å². The third-order valence-electron chi connectivity index (χ3n) is 5.56. The molecule has 1 spiro atoms. The average Bonchev–Trinajstić information content (AvgIpc) is 3.28. The lowest BCUT2D eigenvalue weighted by atomic mass is 9.86. The van der Waals surface area contributed by atoms with Crippen molar-refractivity contribution in [2.75, 3.05) is 33.2 Å². The molecular formula is C21H33N3O2S. The Morgan fingerprint density at radius 2 is 1.89 bits per heavy atom. The first-order valence-corrected chi connectivity index (χ1v) is 10.8. The van der Waals surface area contributed by atoms with Crippen molar-refractivity contribution in [3.8, 4) is 0 Å². The first kappa shape index (κ1) is 20.2. The summed E-state index contributed by atoms with van der Waals surface area (Å²) in [6.45, 7) is 13.7. The fourth-order valence-corrected chi connectivity index (χ4v) is 5.37. The van der Waals surface area contributed by atoms with Crippen molar-refractivity contribution in [2.45, 2.75) is 59.5 Å². The molecule has 150 valence electrons. The number of rotatable bonds is 2. The summed E-state index contributed by atoms with van der Waals surface area (Å²) in [5, 5.41) is 0. The quantitative estimate of drug-likeness (QED) is 0.557. The molecule has 1 atom stereocenters. The number of hydrogen-bond donors (Lipinski definition) is 0. The van der Waals surface area contributed by atoms with Crippen molar-refractivity contribution >= 4 is 23.3 Å². The van der Waals surface area contributed by atoms with Crippen molar-refractivity contribution in [1.29, 1.82) is 0 Å². The molecule has 1 aromatic rings. The van der Waals surface area contributed by atoms with Crippen molar-refractivity contribution in [3.05, 3.63) is 21.4 Å². The lowest BCUT2D eigenvalue weighted by molar-refractivity contribution is 0.0275. The number of carbonyl (C=O) groups excluding carboxylic acids is 1. The number of hydrogen-bond acceptors (Lipinski definition) is 4. The van der Waals surface area contributed by atoms with Crippen LogP contribution in [0.2, 0.25) is 0 Å². The van der Waals surface area contributed by atoms with E-state index in [-0.39, 0.29) is 11.5 Å². The highest BCUT2D eigenvalue weighted by molar-refractivity contribution is 7.14. The molecule has 2 aliphatic rings. The van der Waals surface area contributed by atoms with E-state index in [1.807, 2.05) is 44.1 Å². The van der Waals surface area contributed by atoms with Crippen LogP contribution in [-0.4, -0.2) is 60.6 Å². The molecule has 1 aromatic heterocycles. The van der Waals surface area contributed by atoms with E-state index in [1.165, 1.54) is 15.3 Å². The van der Waals surface area contributed by atoms with Crippen LogP contribution in [0.15, 0.2) is 11.1 Å². The van der Waals surface area contributed by atoms with Crippen LogP contribution in [0.25, 0.3) is 0 Å². The fourth-order valence-electron chi connectivity index (χ4n) is 4.20. The maximum absolute atomic E-state index is 12.4. The van der Waals surface area contributed by atoms with E-state index in [2.05, 4.69) is 29.8 Å². The second-order valence-electron chi connectivity index (χ2n) is 8.95. The summed E-state index contributed by atoms with van der Waals surface area (Å²) in [4.78, 5) is 24.1. The molecule has 0 aliphatic carbocycles. The fraction of sp³-hybridized carbons (Fsp3) is 0.714. The number of likely N-dealkylation sites (tertiary alicyclic amines) is 2. The van der Waals surface area contributed by atoms with Gasteiger partial charge in [-0.25, -0.2) is 4.79 Å². The number of thiophene rings is 1. The highest BCUT2D eigenvalue weighted by Crippen LogP contribution is 2.41. The minimum absolute atomic E-state index is 0.172. The van der Waals surface area contributed by atoms with Crippen LogP contribution in [0.1, 0.15) is 55.9 Å². The summed E-state index contributed by atoms with van der Waals surface area (Å²) in [6.07, 6.45) is 3.04. The number of amides is 1. The largest absolute Gasteiger partial charge is 0.444 e. The smallest absolute Gasteiger partial charge is 0.410 e. The molecule has 6 heteroatoms. The summed E-state index contributed by atoms with van der Waals surface area (Å²) in [7, 11) is 1.90. The molecule has 2 fully saturated rings. The van der Waals surface area contributed by atoms with Gasteiger partial charge in [0.2, 0.25) is 0 Å². The molecule has 2 aliphatic heterocycles. The van der Waals surface area contributed by atoms with Gasteiger partial charge in [0, 0.05) is 43.5 Å². The molecule has 27 heavy (non-hydrogen) atoms. The number of ether oxygens (including phenoxy) is 1. The van der Waals surface area contributed by atoms with Crippen LogP contribution in [0, 0.1) is 12.3 Å². The van der Waals surface area contributed by atoms with E-state index in [0.717, 1.165) is 51.3 Å². The molecule has 0 radical (unpaired) electrons.